The summed E-state index contributed by atoms with van der Waals surface area (Å²) in [4.78, 5) is 11.2. The van der Waals surface area contributed by atoms with Gasteiger partial charge in [0.1, 0.15) is 5.78 Å². The Bertz CT molecular complexity index is 266. The van der Waals surface area contributed by atoms with Crippen LogP contribution in [0.15, 0.2) is 0 Å². The van der Waals surface area contributed by atoms with Crippen LogP contribution in [0.1, 0.15) is 46.0 Å². The van der Waals surface area contributed by atoms with Crippen molar-refractivity contribution >= 4 is 17.5 Å². The fourth-order valence-electron chi connectivity index (χ4n) is 3.26. The summed E-state index contributed by atoms with van der Waals surface area (Å²) in [5.74, 6) is 4.04. The highest BCUT2D eigenvalue weighted by Crippen LogP contribution is 2.42. The smallest absolute Gasteiger partial charge is 0.130 e. The lowest BCUT2D eigenvalue weighted by Gasteiger charge is -2.44. The van der Waals surface area contributed by atoms with E-state index in [1.165, 1.54) is 30.8 Å². The number of carbonyl (C=O) groups is 1. The number of thioether (sulfide) groups is 1. The van der Waals surface area contributed by atoms with E-state index in [0.717, 1.165) is 19.4 Å². The number of rotatable bonds is 3. The molecule has 0 bridgehead atoms. The van der Waals surface area contributed by atoms with Crippen LogP contribution in [0.2, 0.25) is 0 Å². The predicted molar refractivity (Wildman–Crippen MR) is 72.4 cm³/mol. The molecular formula is C14H24O2S. The first-order chi connectivity index (χ1) is 8.11. The van der Waals surface area contributed by atoms with E-state index in [1.807, 2.05) is 11.8 Å². The van der Waals surface area contributed by atoms with Crippen molar-refractivity contribution in [3.63, 3.8) is 0 Å². The molecule has 2 rings (SSSR count). The molecule has 17 heavy (non-hydrogen) atoms. The molecule has 0 radical (unpaired) electrons. The van der Waals surface area contributed by atoms with Crippen LogP contribution in [0.25, 0.3) is 0 Å². The van der Waals surface area contributed by atoms with Crippen LogP contribution in [0, 0.1) is 11.8 Å². The second-order valence-corrected chi connectivity index (χ2v) is 7.00. The van der Waals surface area contributed by atoms with Crippen molar-refractivity contribution in [2.75, 3.05) is 18.1 Å². The lowest BCUT2D eigenvalue weighted by molar-refractivity contribution is -0.123. The largest absolute Gasteiger partial charge is 0.375 e. The Morgan fingerprint density at radius 3 is 2.82 bits per heavy atom. The maximum Gasteiger partial charge on any atom is 0.130 e. The van der Waals surface area contributed by atoms with Crippen molar-refractivity contribution in [2.45, 2.75) is 51.6 Å². The van der Waals surface area contributed by atoms with Gasteiger partial charge in [0.15, 0.2) is 0 Å². The second kappa shape index (κ2) is 5.75. The molecule has 0 aliphatic carbocycles. The molecule has 0 saturated carbocycles. The average molecular weight is 256 g/mol. The monoisotopic (exact) mass is 256 g/mol. The highest BCUT2D eigenvalue weighted by molar-refractivity contribution is 7.99. The van der Waals surface area contributed by atoms with Gasteiger partial charge in [-0.25, -0.2) is 0 Å². The molecular weight excluding hydrogens is 232 g/mol. The number of ether oxygens (including phenoxy) is 1. The van der Waals surface area contributed by atoms with Gasteiger partial charge in [-0.05, 0) is 55.9 Å². The van der Waals surface area contributed by atoms with E-state index >= 15 is 0 Å². The van der Waals surface area contributed by atoms with Crippen LogP contribution in [0.4, 0.5) is 0 Å². The zero-order chi connectivity index (χ0) is 12.3. The van der Waals surface area contributed by atoms with Gasteiger partial charge in [-0.3, -0.25) is 0 Å². The molecule has 0 aromatic rings. The third kappa shape index (κ3) is 3.47. The van der Waals surface area contributed by atoms with E-state index in [1.54, 1.807) is 6.92 Å². The molecule has 2 atom stereocenters. The van der Waals surface area contributed by atoms with Gasteiger partial charge in [-0.15, -0.1) is 0 Å². The van der Waals surface area contributed by atoms with Crippen LogP contribution in [0.3, 0.4) is 0 Å². The van der Waals surface area contributed by atoms with E-state index in [2.05, 4.69) is 6.92 Å². The summed E-state index contributed by atoms with van der Waals surface area (Å²) in [5.41, 5.74) is 0.166. The molecule has 0 N–H and O–H groups in total. The first kappa shape index (κ1) is 13.4. The molecule has 98 valence electrons. The number of hydrogen-bond acceptors (Lipinski definition) is 3. The Balaban J connectivity index is 1.93. The van der Waals surface area contributed by atoms with E-state index in [9.17, 15) is 4.79 Å². The predicted octanol–water partition coefficient (Wildman–Crippen LogP) is 3.29. The Morgan fingerprint density at radius 2 is 2.18 bits per heavy atom. The minimum Gasteiger partial charge on any atom is -0.375 e. The van der Waals surface area contributed by atoms with Crippen LogP contribution < -0.4 is 0 Å². The number of ketones is 1. The molecule has 2 fully saturated rings. The lowest BCUT2D eigenvalue weighted by atomic mass is 9.75. The summed E-state index contributed by atoms with van der Waals surface area (Å²) in [6.07, 6.45) is 5.49. The zero-order valence-electron chi connectivity index (χ0n) is 11.0. The molecule has 3 heteroatoms. The topological polar surface area (TPSA) is 26.3 Å². The maximum absolute atomic E-state index is 11.2. The van der Waals surface area contributed by atoms with Gasteiger partial charge in [0.05, 0.1) is 5.60 Å². The summed E-state index contributed by atoms with van der Waals surface area (Å²) in [5, 5.41) is 0. The van der Waals surface area contributed by atoms with Gasteiger partial charge < -0.3 is 9.53 Å². The van der Waals surface area contributed by atoms with Gasteiger partial charge in [0.25, 0.3) is 0 Å². The Kier molecular flexibility index (Phi) is 4.53. The van der Waals surface area contributed by atoms with Gasteiger partial charge >= 0.3 is 0 Å². The molecule has 1 spiro atoms. The van der Waals surface area contributed by atoms with Gasteiger partial charge in [-0.2, -0.15) is 11.8 Å². The standard InChI is InChI=1S/C14H24O2S/c1-11(9-12(2)15)13-3-6-16-14(10-13)4-7-17-8-5-14/h11,13H,3-10H2,1-2H3. The van der Waals surface area contributed by atoms with Gasteiger partial charge in [-0.1, -0.05) is 6.92 Å². The van der Waals surface area contributed by atoms with E-state index < -0.39 is 0 Å². The third-order valence-corrected chi connectivity index (χ3v) is 5.33. The van der Waals surface area contributed by atoms with E-state index in [-0.39, 0.29) is 5.60 Å². The molecule has 2 aliphatic heterocycles. The van der Waals surface area contributed by atoms with E-state index in [0.29, 0.717) is 17.6 Å². The zero-order valence-corrected chi connectivity index (χ0v) is 11.9. The van der Waals surface area contributed by atoms with Crippen LogP contribution in [-0.4, -0.2) is 29.5 Å². The van der Waals surface area contributed by atoms with Crippen molar-refractivity contribution in [3.8, 4) is 0 Å². The first-order valence-electron chi connectivity index (χ1n) is 6.82. The molecule has 0 aromatic heterocycles. The molecule has 2 unspecified atom stereocenters. The molecule has 0 aromatic carbocycles. The molecule has 0 amide bonds. The highest BCUT2D eigenvalue weighted by Gasteiger charge is 2.40. The molecule has 2 heterocycles. The highest BCUT2D eigenvalue weighted by atomic mass is 32.2. The fraction of sp³-hybridized carbons (Fsp3) is 0.929. The number of hydrogen-bond donors (Lipinski definition) is 0. The minimum absolute atomic E-state index is 0.166. The summed E-state index contributed by atoms with van der Waals surface area (Å²) in [6.45, 7) is 4.85. The third-order valence-electron chi connectivity index (χ3n) is 4.35. The van der Waals surface area contributed by atoms with Crippen LogP contribution >= 0.6 is 11.8 Å². The second-order valence-electron chi connectivity index (χ2n) is 5.78. The van der Waals surface area contributed by atoms with Crippen molar-refractivity contribution < 1.29 is 9.53 Å². The summed E-state index contributed by atoms with van der Waals surface area (Å²) in [6, 6.07) is 0. The van der Waals surface area contributed by atoms with E-state index in [4.69, 9.17) is 4.74 Å². The van der Waals surface area contributed by atoms with Gasteiger partial charge in [0, 0.05) is 13.0 Å². The van der Waals surface area contributed by atoms with Crippen molar-refractivity contribution in [1.29, 1.82) is 0 Å². The Hall–Kier alpha value is -0.0200. The van der Waals surface area contributed by atoms with Crippen LogP contribution in [0.5, 0.6) is 0 Å². The summed E-state index contributed by atoms with van der Waals surface area (Å²) >= 11 is 2.05. The van der Waals surface area contributed by atoms with Crippen molar-refractivity contribution in [3.05, 3.63) is 0 Å². The fourth-order valence-corrected chi connectivity index (χ4v) is 4.50. The normalized spacial score (nSPS) is 30.1. The summed E-state index contributed by atoms with van der Waals surface area (Å²) in [7, 11) is 0. The molecule has 2 saturated heterocycles. The number of Topliss-reactive ketones (excluding diaryl/α,β-unsaturated/α-hetero) is 1. The maximum atomic E-state index is 11.2. The Morgan fingerprint density at radius 1 is 1.47 bits per heavy atom. The summed E-state index contributed by atoms with van der Waals surface area (Å²) < 4.78 is 6.09. The molecule has 2 nitrogen and oxygen atoms in total. The minimum atomic E-state index is 0.166. The van der Waals surface area contributed by atoms with Crippen LogP contribution in [-0.2, 0) is 9.53 Å². The van der Waals surface area contributed by atoms with Crippen molar-refractivity contribution in [1.82, 2.24) is 0 Å². The average Bonchev–Trinajstić information content (AvgIpc) is 2.29. The quantitative estimate of drug-likeness (QED) is 0.775. The Labute approximate surface area is 109 Å². The number of carbonyl (C=O) groups excluding carboxylic acids is 1. The lowest BCUT2D eigenvalue weighted by Crippen LogP contribution is -2.44. The van der Waals surface area contributed by atoms with Gasteiger partial charge in [0.2, 0.25) is 0 Å². The molecule has 2 aliphatic rings. The van der Waals surface area contributed by atoms with Crippen molar-refractivity contribution in [2.24, 2.45) is 11.8 Å². The first-order valence-corrected chi connectivity index (χ1v) is 7.98. The SMILES string of the molecule is CC(=O)CC(C)C1CCOC2(CCSCC2)C1.